The molecule has 2 aromatic rings. The van der Waals surface area contributed by atoms with Crippen molar-refractivity contribution in [2.75, 3.05) is 12.0 Å². The Bertz CT molecular complexity index is 973. The number of carbonyl (C=O) groups excluding carboxylic acids is 2. The number of hydrogen-bond donors (Lipinski definition) is 0. The third kappa shape index (κ3) is 2.67. The van der Waals surface area contributed by atoms with E-state index in [0.29, 0.717) is 11.3 Å². The maximum absolute atomic E-state index is 13.4. The quantitative estimate of drug-likeness (QED) is 0.748. The van der Waals surface area contributed by atoms with Crippen molar-refractivity contribution < 1.29 is 14.3 Å². The summed E-state index contributed by atoms with van der Waals surface area (Å²) in [6, 6.07) is 13.0. The maximum Gasteiger partial charge on any atom is 0.235 e. The second-order valence-corrected chi connectivity index (χ2v) is 7.81. The van der Waals surface area contributed by atoms with Crippen LogP contribution < -0.4 is 9.64 Å². The van der Waals surface area contributed by atoms with E-state index in [1.165, 1.54) is 0 Å². The van der Waals surface area contributed by atoms with Crippen LogP contribution in [0.2, 0.25) is 0 Å². The second-order valence-electron chi connectivity index (χ2n) is 7.81. The SMILES string of the molecule is COc1cc2c3c(c1)C(CC(=O)c1ccccc1)C(=O)N3C(C)(C)C=C2C. The van der Waals surface area contributed by atoms with Crippen molar-refractivity contribution in [3.8, 4) is 5.75 Å². The van der Waals surface area contributed by atoms with E-state index in [0.717, 1.165) is 22.4 Å². The molecule has 2 heterocycles. The molecule has 2 aliphatic rings. The largest absolute Gasteiger partial charge is 0.497 e. The summed E-state index contributed by atoms with van der Waals surface area (Å²) in [6.07, 6.45) is 2.27. The number of anilines is 1. The molecule has 2 aromatic carbocycles. The zero-order valence-corrected chi connectivity index (χ0v) is 16.1. The lowest BCUT2D eigenvalue weighted by Crippen LogP contribution is -2.47. The van der Waals surface area contributed by atoms with Crippen LogP contribution in [-0.4, -0.2) is 24.3 Å². The second kappa shape index (κ2) is 6.08. The standard InChI is InChI=1S/C23H23NO3/c1-14-13-23(2,3)24-21-17(14)10-16(27-4)11-18(21)19(22(24)26)12-20(25)15-8-6-5-7-9-15/h5-11,13,19H,12H2,1-4H3. The summed E-state index contributed by atoms with van der Waals surface area (Å²) in [5, 5.41) is 0. The van der Waals surface area contributed by atoms with Crippen LogP contribution in [0.4, 0.5) is 5.69 Å². The normalized spacial score (nSPS) is 19.6. The van der Waals surface area contributed by atoms with Crippen LogP contribution in [0.5, 0.6) is 5.75 Å². The van der Waals surface area contributed by atoms with Gasteiger partial charge in [0.25, 0.3) is 0 Å². The molecule has 138 valence electrons. The number of methoxy groups -OCH3 is 1. The Kier molecular flexibility index (Phi) is 3.95. The van der Waals surface area contributed by atoms with Crippen LogP contribution >= 0.6 is 0 Å². The zero-order valence-electron chi connectivity index (χ0n) is 16.1. The monoisotopic (exact) mass is 361 g/mol. The van der Waals surface area contributed by atoms with E-state index in [1.807, 2.05) is 49.1 Å². The lowest BCUT2D eigenvalue weighted by atomic mass is 9.88. The first-order valence-electron chi connectivity index (χ1n) is 9.17. The molecule has 0 aliphatic carbocycles. The highest BCUT2D eigenvalue weighted by atomic mass is 16.5. The maximum atomic E-state index is 13.4. The predicted octanol–water partition coefficient (Wildman–Crippen LogP) is 4.59. The van der Waals surface area contributed by atoms with Crippen molar-refractivity contribution in [2.45, 2.75) is 38.6 Å². The third-order valence-electron chi connectivity index (χ3n) is 5.52. The Balaban J connectivity index is 1.82. The van der Waals surface area contributed by atoms with Crippen molar-refractivity contribution in [1.29, 1.82) is 0 Å². The first-order chi connectivity index (χ1) is 12.8. The molecule has 0 N–H and O–H groups in total. The Morgan fingerprint density at radius 2 is 1.89 bits per heavy atom. The van der Waals surface area contributed by atoms with E-state index in [2.05, 4.69) is 13.0 Å². The van der Waals surface area contributed by atoms with E-state index < -0.39 is 11.5 Å². The number of hydrogen-bond acceptors (Lipinski definition) is 3. The lowest BCUT2D eigenvalue weighted by Gasteiger charge is -2.39. The van der Waals surface area contributed by atoms with Crippen molar-refractivity contribution >= 4 is 23.0 Å². The Hall–Kier alpha value is -2.88. The van der Waals surface area contributed by atoms with E-state index in [9.17, 15) is 9.59 Å². The molecule has 0 radical (unpaired) electrons. The van der Waals surface area contributed by atoms with Crippen LogP contribution in [0.15, 0.2) is 48.5 Å². The molecule has 27 heavy (non-hydrogen) atoms. The van der Waals surface area contributed by atoms with E-state index in [4.69, 9.17) is 4.74 Å². The van der Waals surface area contributed by atoms with E-state index in [-0.39, 0.29) is 18.1 Å². The van der Waals surface area contributed by atoms with Gasteiger partial charge in [0.05, 0.1) is 24.3 Å². The van der Waals surface area contributed by atoms with Crippen LogP contribution in [0.25, 0.3) is 5.57 Å². The van der Waals surface area contributed by atoms with Crippen LogP contribution in [0, 0.1) is 0 Å². The number of nitrogens with zero attached hydrogens (tertiary/aromatic N) is 1. The number of Topliss-reactive ketones (excluding diaryl/α,β-unsaturated/α-hetero) is 1. The van der Waals surface area contributed by atoms with Crippen molar-refractivity contribution in [2.24, 2.45) is 0 Å². The first kappa shape index (κ1) is 17.5. The average molecular weight is 361 g/mol. The fraction of sp³-hybridized carbons (Fsp3) is 0.304. The topological polar surface area (TPSA) is 46.6 Å². The first-order valence-corrected chi connectivity index (χ1v) is 9.17. The molecule has 4 nitrogen and oxygen atoms in total. The number of benzene rings is 2. The van der Waals surface area contributed by atoms with Gasteiger partial charge in [-0.15, -0.1) is 0 Å². The van der Waals surface area contributed by atoms with Crippen LogP contribution in [0.1, 0.15) is 54.6 Å². The summed E-state index contributed by atoms with van der Waals surface area (Å²) >= 11 is 0. The van der Waals surface area contributed by atoms with Crippen molar-refractivity contribution in [3.05, 3.63) is 65.2 Å². The van der Waals surface area contributed by atoms with Gasteiger partial charge in [-0.2, -0.15) is 0 Å². The van der Waals surface area contributed by atoms with Gasteiger partial charge in [0.1, 0.15) is 5.75 Å². The molecule has 4 rings (SSSR count). The molecule has 2 aliphatic heterocycles. The van der Waals surface area contributed by atoms with Crippen LogP contribution in [0.3, 0.4) is 0 Å². The molecule has 0 spiro atoms. The van der Waals surface area contributed by atoms with Gasteiger partial charge in [-0.1, -0.05) is 36.4 Å². The summed E-state index contributed by atoms with van der Waals surface area (Å²) in [5.74, 6) is 0.188. The van der Waals surface area contributed by atoms with Crippen molar-refractivity contribution in [1.82, 2.24) is 0 Å². The Morgan fingerprint density at radius 1 is 1.19 bits per heavy atom. The van der Waals surface area contributed by atoms with E-state index >= 15 is 0 Å². The molecule has 1 amide bonds. The number of ketones is 1. The molecule has 0 saturated carbocycles. The van der Waals surface area contributed by atoms with E-state index in [1.54, 1.807) is 19.2 Å². The number of allylic oxidation sites excluding steroid dienone is 1. The minimum absolute atomic E-state index is 0.0162. The zero-order chi connectivity index (χ0) is 19.3. The van der Waals surface area contributed by atoms with Gasteiger partial charge in [0.2, 0.25) is 5.91 Å². The average Bonchev–Trinajstić information content (AvgIpc) is 2.93. The van der Waals surface area contributed by atoms with Gasteiger partial charge in [0, 0.05) is 17.5 Å². The molecule has 1 atom stereocenters. The highest BCUT2D eigenvalue weighted by Gasteiger charge is 2.47. The summed E-state index contributed by atoms with van der Waals surface area (Å²) in [7, 11) is 1.62. The van der Waals surface area contributed by atoms with Gasteiger partial charge in [-0.05, 0) is 44.0 Å². The minimum atomic E-state index is -0.486. The molecule has 0 bridgehead atoms. The van der Waals surface area contributed by atoms with Gasteiger partial charge in [-0.25, -0.2) is 0 Å². The number of carbonyl (C=O) groups is 2. The minimum Gasteiger partial charge on any atom is -0.497 e. The predicted molar refractivity (Wildman–Crippen MR) is 106 cm³/mol. The molecule has 4 heteroatoms. The molecular weight excluding hydrogens is 338 g/mol. The third-order valence-corrected chi connectivity index (χ3v) is 5.52. The summed E-state index contributed by atoms with van der Waals surface area (Å²) < 4.78 is 5.47. The molecule has 0 saturated heterocycles. The fourth-order valence-electron chi connectivity index (χ4n) is 4.33. The van der Waals surface area contributed by atoms with Gasteiger partial charge >= 0.3 is 0 Å². The van der Waals surface area contributed by atoms with Gasteiger partial charge < -0.3 is 9.64 Å². The highest BCUT2D eigenvalue weighted by Crippen LogP contribution is 2.51. The Labute approximate surface area is 159 Å². The molecule has 0 fully saturated rings. The van der Waals surface area contributed by atoms with Crippen LogP contribution in [-0.2, 0) is 4.79 Å². The smallest absolute Gasteiger partial charge is 0.235 e. The van der Waals surface area contributed by atoms with Gasteiger partial charge in [-0.3, -0.25) is 9.59 Å². The number of amides is 1. The molecule has 1 unspecified atom stereocenters. The summed E-state index contributed by atoms with van der Waals surface area (Å²) in [4.78, 5) is 28.0. The molecule has 0 aromatic heterocycles. The number of rotatable bonds is 4. The summed E-state index contributed by atoms with van der Waals surface area (Å²) in [5.41, 5.74) is 4.15. The highest BCUT2D eigenvalue weighted by molar-refractivity contribution is 6.13. The lowest BCUT2D eigenvalue weighted by molar-refractivity contribution is -0.120. The number of ether oxygens (including phenoxy) is 1. The van der Waals surface area contributed by atoms with Crippen molar-refractivity contribution in [3.63, 3.8) is 0 Å². The Morgan fingerprint density at radius 3 is 2.56 bits per heavy atom. The van der Waals surface area contributed by atoms with Gasteiger partial charge in [0.15, 0.2) is 5.78 Å². The summed E-state index contributed by atoms with van der Waals surface area (Å²) in [6.45, 7) is 6.13. The molecular formula is C23H23NO3. The fourth-order valence-corrected chi connectivity index (χ4v) is 4.33.